The number of anilines is 4. The van der Waals surface area contributed by atoms with Crippen LogP contribution in [-0.2, 0) is 15.7 Å². The molecular weight excluding hydrogens is 562 g/mol. The van der Waals surface area contributed by atoms with Crippen LogP contribution < -0.4 is 26.6 Å². The summed E-state index contributed by atoms with van der Waals surface area (Å²) < 4.78 is 45.8. The van der Waals surface area contributed by atoms with E-state index in [2.05, 4.69) is 46.5 Å². The molecule has 0 radical (unpaired) electrons. The Morgan fingerprint density at radius 3 is 2.26 bits per heavy atom. The van der Waals surface area contributed by atoms with Gasteiger partial charge in [-0.15, -0.1) is 0 Å². The summed E-state index contributed by atoms with van der Waals surface area (Å²) in [5, 5.41) is 14.5. The maximum atomic E-state index is 13.4. The zero-order valence-electron chi connectivity index (χ0n) is 21.1. The summed E-state index contributed by atoms with van der Waals surface area (Å²) in [6.07, 6.45) is 0.758. The number of carbonyl (C=O) groups is 1. The lowest BCUT2D eigenvalue weighted by Gasteiger charge is -2.38. The number of aromatic nitrogens is 4. The molecule has 1 amide bonds. The number of halogens is 5. The van der Waals surface area contributed by atoms with Gasteiger partial charge in [-0.2, -0.15) is 23.1 Å². The fourth-order valence-corrected chi connectivity index (χ4v) is 4.30. The van der Waals surface area contributed by atoms with E-state index in [4.69, 9.17) is 27.9 Å². The van der Waals surface area contributed by atoms with Crippen LogP contribution in [-0.4, -0.2) is 59.3 Å². The van der Waals surface area contributed by atoms with Crippen LogP contribution in [0.25, 0.3) is 0 Å². The van der Waals surface area contributed by atoms with E-state index in [-0.39, 0.29) is 45.6 Å². The first-order valence-electron chi connectivity index (χ1n) is 11.8. The van der Waals surface area contributed by atoms with Gasteiger partial charge in [-0.3, -0.25) is 4.79 Å². The van der Waals surface area contributed by atoms with Crippen LogP contribution in [0.1, 0.15) is 24.8 Å². The van der Waals surface area contributed by atoms with E-state index in [1.165, 1.54) is 26.4 Å². The second-order valence-electron chi connectivity index (χ2n) is 8.86. The third-order valence-electron chi connectivity index (χ3n) is 6.11. The van der Waals surface area contributed by atoms with Crippen molar-refractivity contribution in [2.45, 2.75) is 31.1 Å². The molecule has 11 nitrogen and oxygen atoms in total. The molecule has 0 aromatic carbocycles. The maximum absolute atomic E-state index is 13.4. The number of rotatable bonds is 10. The molecule has 0 saturated heterocycles. The largest absolute Gasteiger partial charge is 0.500 e. The standard InChI is InChI=1S/C23H26Cl2F3N9O2/c1-29-17-13(23(26,27)28)9-32-20(34-17)36-22(37-21-33-10-14(24)18(30-2)35-21)7-15(39-3)12(6-16(22)25)19(38)31-8-11-4-5-11/h6,9-11H,4-5,7-8H2,1-3H3,(H,31,38)(H2,29,32,34,36)(H2,30,33,35,37). The molecule has 210 valence electrons. The molecule has 2 aliphatic rings. The van der Waals surface area contributed by atoms with Gasteiger partial charge in [-0.25, -0.2) is 9.97 Å². The third kappa shape index (κ3) is 6.38. The number of carbonyl (C=O) groups excluding carboxylic acids is 1. The molecule has 2 heterocycles. The van der Waals surface area contributed by atoms with Crippen molar-refractivity contribution in [1.29, 1.82) is 0 Å². The Morgan fingerprint density at radius 2 is 1.69 bits per heavy atom. The molecular formula is C23H26Cl2F3N9O2. The number of nitrogens with zero attached hydrogens (tertiary/aromatic N) is 4. The highest BCUT2D eigenvalue weighted by atomic mass is 35.5. The van der Waals surface area contributed by atoms with Crippen LogP contribution in [0.4, 0.5) is 36.7 Å². The molecule has 1 saturated carbocycles. The Labute approximate surface area is 232 Å². The van der Waals surface area contributed by atoms with Crippen LogP contribution in [0.3, 0.4) is 0 Å². The number of alkyl halides is 3. The molecule has 1 fully saturated rings. The highest BCUT2D eigenvalue weighted by Gasteiger charge is 2.43. The van der Waals surface area contributed by atoms with Crippen molar-refractivity contribution < 1.29 is 22.7 Å². The summed E-state index contributed by atoms with van der Waals surface area (Å²) in [5.41, 5.74) is -2.37. The Hall–Kier alpha value is -3.52. The van der Waals surface area contributed by atoms with Gasteiger partial charge in [0.15, 0.2) is 5.66 Å². The molecule has 2 aliphatic carbocycles. The molecule has 4 rings (SSSR count). The summed E-state index contributed by atoms with van der Waals surface area (Å²) >= 11 is 12.9. The Balaban J connectivity index is 1.74. The predicted octanol–water partition coefficient (Wildman–Crippen LogP) is 4.20. The van der Waals surface area contributed by atoms with Gasteiger partial charge in [-0.1, -0.05) is 23.2 Å². The topological polar surface area (TPSA) is 138 Å². The highest BCUT2D eigenvalue weighted by Crippen LogP contribution is 2.40. The first kappa shape index (κ1) is 28.5. The van der Waals surface area contributed by atoms with Gasteiger partial charge >= 0.3 is 6.18 Å². The summed E-state index contributed by atoms with van der Waals surface area (Å²) in [6, 6.07) is 0. The minimum atomic E-state index is -4.68. The summed E-state index contributed by atoms with van der Waals surface area (Å²) in [7, 11) is 4.32. The summed E-state index contributed by atoms with van der Waals surface area (Å²) in [5.74, 6) is 0.0461. The van der Waals surface area contributed by atoms with E-state index < -0.39 is 23.2 Å². The zero-order valence-corrected chi connectivity index (χ0v) is 22.6. The van der Waals surface area contributed by atoms with Gasteiger partial charge in [0.2, 0.25) is 11.9 Å². The van der Waals surface area contributed by atoms with E-state index in [0.717, 1.165) is 12.8 Å². The van der Waals surface area contributed by atoms with Gasteiger partial charge in [0.1, 0.15) is 28.0 Å². The molecule has 39 heavy (non-hydrogen) atoms. The number of nitrogens with one attached hydrogen (secondary N) is 5. The molecule has 2 aromatic heterocycles. The number of amides is 1. The molecule has 2 aromatic rings. The van der Waals surface area contributed by atoms with Crippen molar-refractivity contribution in [1.82, 2.24) is 25.3 Å². The van der Waals surface area contributed by atoms with E-state index in [9.17, 15) is 18.0 Å². The van der Waals surface area contributed by atoms with Crippen molar-refractivity contribution in [3.63, 3.8) is 0 Å². The number of ether oxygens (including phenoxy) is 1. The van der Waals surface area contributed by atoms with Crippen LogP contribution in [0.2, 0.25) is 5.02 Å². The number of hydrogen-bond donors (Lipinski definition) is 5. The lowest BCUT2D eigenvalue weighted by atomic mass is 9.93. The Kier molecular flexibility index (Phi) is 8.25. The van der Waals surface area contributed by atoms with Crippen molar-refractivity contribution >= 4 is 52.6 Å². The van der Waals surface area contributed by atoms with Gasteiger partial charge in [0, 0.05) is 26.8 Å². The quantitative estimate of drug-likeness (QED) is 0.257. The number of hydrogen-bond acceptors (Lipinski definition) is 10. The Morgan fingerprint density at radius 1 is 1.08 bits per heavy atom. The lowest BCUT2D eigenvalue weighted by molar-refractivity contribution is -0.137. The smallest absolute Gasteiger partial charge is 0.421 e. The second kappa shape index (κ2) is 11.3. The minimum Gasteiger partial charge on any atom is -0.500 e. The fraction of sp³-hybridized carbons (Fsp3) is 0.435. The average molecular weight is 588 g/mol. The van der Waals surface area contributed by atoms with Gasteiger partial charge in [-0.05, 0) is 24.8 Å². The molecule has 0 spiro atoms. The molecule has 0 aliphatic heterocycles. The van der Waals surface area contributed by atoms with Crippen LogP contribution in [0.5, 0.6) is 0 Å². The predicted molar refractivity (Wildman–Crippen MR) is 141 cm³/mol. The van der Waals surface area contributed by atoms with Crippen molar-refractivity contribution in [3.8, 4) is 0 Å². The van der Waals surface area contributed by atoms with Crippen molar-refractivity contribution in [3.05, 3.63) is 45.4 Å². The first-order chi connectivity index (χ1) is 18.5. The van der Waals surface area contributed by atoms with E-state index >= 15 is 0 Å². The Bertz CT molecular complexity index is 1320. The van der Waals surface area contributed by atoms with Crippen LogP contribution in [0.15, 0.2) is 34.8 Å². The third-order valence-corrected chi connectivity index (χ3v) is 6.81. The summed E-state index contributed by atoms with van der Waals surface area (Å²) in [6.45, 7) is 0.532. The molecule has 5 N–H and O–H groups in total. The van der Waals surface area contributed by atoms with Gasteiger partial charge in [0.05, 0.1) is 30.3 Å². The van der Waals surface area contributed by atoms with E-state index in [1.54, 1.807) is 7.05 Å². The number of methoxy groups -OCH3 is 1. The highest BCUT2D eigenvalue weighted by molar-refractivity contribution is 6.33. The maximum Gasteiger partial charge on any atom is 0.421 e. The average Bonchev–Trinajstić information content (AvgIpc) is 3.73. The first-order valence-corrected chi connectivity index (χ1v) is 12.6. The SMILES string of the molecule is CNc1nc(NC2(Nc3ncc(C(F)(F)F)c(NC)n3)CC(OC)=C(C(=O)NCC3CC3)C=C2Cl)ncc1Cl. The zero-order chi connectivity index (χ0) is 28.4. The second-order valence-corrected chi connectivity index (χ2v) is 9.68. The normalized spacial score (nSPS) is 19.2. The lowest BCUT2D eigenvalue weighted by Crippen LogP contribution is -2.50. The van der Waals surface area contributed by atoms with Gasteiger partial charge < -0.3 is 31.3 Å². The van der Waals surface area contributed by atoms with E-state index in [0.29, 0.717) is 24.5 Å². The molecule has 1 atom stereocenters. The molecule has 16 heteroatoms. The molecule has 1 unspecified atom stereocenters. The van der Waals surface area contributed by atoms with Crippen LogP contribution in [0, 0.1) is 5.92 Å². The van der Waals surface area contributed by atoms with Crippen LogP contribution >= 0.6 is 23.2 Å². The van der Waals surface area contributed by atoms with Gasteiger partial charge in [0.25, 0.3) is 5.91 Å². The summed E-state index contributed by atoms with van der Waals surface area (Å²) in [4.78, 5) is 29.3. The van der Waals surface area contributed by atoms with Crippen molar-refractivity contribution in [2.75, 3.05) is 49.0 Å². The monoisotopic (exact) mass is 587 g/mol. The van der Waals surface area contributed by atoms with Crippen molar-refractivity contribution in [2.24, 2.45) is 5.92 Å². The molecule has 0 bridgehead atoms. The van der Waals surface area contributed by atoms with E-state index in [1.807, 2.05) is 0 Å². The fourth-order valence-electron chi connectivity index (χ4n) is 3.84. The minimum absolute atomic E-state index is 0.0546.